The number of aliphatic imine (C=N–C) groups is 1. The van der Waals surface area contributed by atoms with E-state index < -0.39 is 30.5 Å². The number of carbonyl (C=O) groups is 1. The van der Waals surface area contributed by atoms with Gasteiger partial charge >= 0.3 is 6.18 Å². The monoisotopic (exact) mass is 565 g/mol. The van der Waals surface area contributed by atoms with E-state index in [4.69, 9.17) is 11.3 Å². The Morgan fingerprint density at radius 2 is 1.91 bits per heavy atom. The zero-order valence-electron chi connectivity index (χ0n) is 19.0. The molecule has 0 saturated heterocycles. The Morgan fingerprint density at radius 3 is 2.57 bits per heavy atom. The van der Waals surface area contributed by atoms with E-state index in [2.05, 4.69) is 31.1 Å². The Bertz CT molecular complexity index is 1190. The molecular weight excluding hydrogens is 543 g/mol. The number of rotatable bonds is 7. The second kappa shape index (κ2) is 11.8. The summed E-state index contributed by atoms with van der Waals surface area (Å²) in [5.74, 6) is -0.437. The molecule has 0 bridgehead atoms. The molecular formula is C25H23BrF3N3O2S. The maximum Gasteiger partial charge on any atom is 0.389 e. The molecule has 0 radical (unpaired) electrons. The summed E-state index contributed by atoms with van der Waals surface area (Å²) < 4.78 is 43.8. The van der Waals surface area contributed by atoms with E-state index in [-0.39, 0.29) is 12.2 Å². The lowest BCUT2D eigenvalue weighted by Gasteiger charge is -2.28. The van der Waals surface area contributed by atoms with Crippen molar-refractivity contribution in [1.82, 2.24) is 0 Å². The fraction of sp³-hybridized carbons (Fsp3) is 0.320. The molecule has 0 aromatic heterocycles. The van der Waals surface area contributed by atoms with Gasteiger partial charge in [-0.2, -0.15) is 13.2 Å². The van der Waals surface area contributed by atoms with E-state index in [0.29, 0.717) is 27.8 Å². The first-order chi connectivity index (χ1) is 16.7. The molecule has 2 aromatic carbocycles. The molecule has 5 nitrogen and oxygen atoms in total. The van der Waals surface area contributed by atoms with Crippen molar-refractivity contribution in [2.24, 2.45) is 4.99 Å². The van der Waals surface area contributed by atoms with Crippen LogP contribution in [-0.2, 0) is 4.79 Å². The number of carbonyl (C=O) groups excluding carboxylic acids is 1. The minimum atomic E-state index is -4.23. The summed E-state index contributed by atoms with van der Waals surface area (Å²) in [5.41, 5.74) is 1.93. The van der Waals surface area contributed by atoms with E-state index >= 15 is 0 Å². The number of alkyl halides is 3. The summed E-state index contributed by atoms with van der Waals surface area (Å²) in [5, 5.41) is 3.28. The average molecular weight is 566 g/mol. The second-order valence-corrected chi connectivity index (χ2v) is 9.71. The van der Waals surface area contributed by atoms with Gasteiger partial charge in [0.1, 0.15) is 5.75 Å². The summed E-state index contributed by atoms with van der Waals surface area (Å²) >= 11 is 4.67. The molecule has 2 aromatic rings. The third-order valence-corrected chi connectivity index (χ3v) is 7.22. The highest BCUT2D eigenvalue weighted by Gasteiger charge is 2.44. The van der Waals surface area contributed by atoms with Crippen LogP contribution in [0.2, 0.25) is 0 Å². The quantitative estimate of drug-likeness (QED) is 0.284. The van der Waals surface area contributed by atoms with Gasteiger partial charge in [0.25, 0.3) is 11.9 Å². The number of hydrogen-bond acceptors (Lipinski definition) is 4. The Labute approximate surface area is 214 Å². The SMILES string of the molecule is [C-]#[N+]C1C(SCCCC(F)(F)F)=NC(C)=C(C(=O)Nc2ccccc2OC)C1c1ccccc1Br. The van der Waals surface area contributed by atoms with Crippen LogP contribution < -0.4 is 10.1 Å². The van der Waals surface area contributed by atoms with E-state index in [1.165, 1.54) is 7.11 Å². The van der Waals surface area contributed by atoms with Crippen molar-refractivity contribution in [2.45, 2.75) is 37.9 Å². The van der Waals surface area contributed by atoms with Crippen LogP contribution in [0.15, 0.2) is 69.3 Å². The highest BCUT2D eigenvalue weighted by atomic mass is 79.9. The van der Waals surface area contributed by atoms with Crippen molar-refractivity contribution >= 4 is 44.3 Å². The molecule has 3 rings (SSSR count). The van der Waals surface area contributed by atoms with Crippen molar-refractivity contribution < 1.29 is 22.7 Å². The van der Waals surface area contributed by atoms with E-state index in [1.807, 2.05) is 24.3 Å². The van der Waals surface area contributed by atoms with Crippen LogP contribution in [0, 0.1) is 6.57 Å². The largest absolute Gasteiger partial charge is 0.495 e. The van der Waals surface area contributed by atoms with Gasteiger partial charge in [-0.1, -0.05) is 46.3 Å². The molecule has 1 aliphatic rings. The van der Waals surface area contributed by atoms with Crippen LogP contribution in [0.25, 0.3) is 4.85 Å². The van der Waals surface area contributed by atoms with Gasteiger partial charge in [0.15, 0.2) is 5.04 Å². The number of allylic oxidation sites excluding steroid dienone is 1. The van der Waals surface area contributed by atoms with Gasteiger partial charge < -0.3 is 14.9 Å². The molecule has 184 valence electrons. The summed E-state index contributed by atoms with van der Waals surface area (Å²) in [6.45, 7) is 9.58. The number of nitrogens with one attached hydrogen (secondary N) is 1. The lowest BCUT2D eigenvalue weighted by Crippen LogP contribution is -2.34. The molecule has 0 saturated carbocycles. The second-order valence-electron chi connectivity index (χ2n) is 7.74. The lowest BCUT2D eigenvalue weighted by atomic mass is 9.82. The Morgan fingerprint density at radius 1 is 1.23 bits per heavy atom. The maximum atomic E-state index is 13.5. The summed E-state index contributed by atoms with van der Waals surface area (Å²) in [6, 6.07) is 13.4. The Hall–Kier alpha value is -2.77. The van der Waals surface area contributed by atoms with Crippen molar-refractivity contribution in [3.63, 3.8) is 0 Å². The third kappa shape index (κ3) is 6.67. The van der Waals surface area contributed by atoms with E-state index in [0.717, 1.165) is 21.8 Å². The van der Waals surface area contributed by atoms with Gasteiger partial charge in [-0.3, -0.25) is 4.79 Å². The van der Waals surface area contributed by atoms with Crippen molar-refractivity contribution in [2.75, 3.05) is 18.2 Å². The van der Waals surface area contributed by atoms with Crippen molar-refractivity contribution in [1.29, 1.82) is 0 Å². The number of halogens is 4. The van der Waals surface area contributed by atoms with Crippen LogP contribution >= 0.6 is 27.7 Å². The fourth-order valence-corrected chi connectivity index (χ4v) is 5.40. The molecule has 0 aliphatic carbocycles. The molecule has 2 atom stereocenters. The number of hydrogen-bond donors (Lipinski definition) is 1. The van der Waals surface area contributed by atoms with Gasteiger partial charge in [0.05, 0.1) is 24.3 Å². The number of para-hydroxylation sites is 2. The zero-order valence-corrected chi connectivity index (χ0v) is 21.4. The first kappa shape index (κ1) is 26.8. The minimum Gasteiger partial charge on any atom is -0.495 e. The smallest absolute Gasteiger partial charge is 0.389 e. The number of thioether (sulfide) groups is 1. The minimum absolute atomic E-state index is 0.0818. The number of amides is 1. The van der Waals surface area contributed by atoms with Gasteiger partial charge in [0, 0.05) is 16.6 Å². The highest BCUT2D eigenvalue weighted by Crippen LogP contribution is 2.42. The molecule has 2 unspecified atom stereocenters. The Kier molecular flexibility index (Phi) is 9.03. The van der Waals surface area contributed by atoms with Gasteiger partial charge in [-0.25, -0.2) is 11.6 Å². The number of nitrogens with zero attached hydrogens (tertiary/aromatic N) is 2. The molecule has 1 N–H and O–H groups in total. The van der Waals surface area contributed by atoms with Gasteiger partial charge in [0.2, 0.25) is 0 Å². The van der Waals surface area contributed by atoms with Gasteiger partial charge in [-0.15, -0.1) is 11.8 Å². The Balaban J connectivity index is 2.00. The van der Waals surface area contributed by atoms with E-state index in [1.54, 1.807) is 31.2 Å². The van der Waals surface area contributed by atoms with Crippen LogP contribution in [0.3, 0.4) is 0 Å². The number of ether oxygens (including phenoxy) is 1. The molecule has 35 heavy (non-hydrogen) atoms. The molecule has 0 spiro atoms. The van der Waals surface area contributed by atoms with Crippen LogP contribution in [-0.4, -0.2) is 36.0 Å². The molecule has 1 amide bonds. The van der Waals surface area contributed by atoms with Crippen molar-refractivity contribution in [3.05, 3.63) is 81.3 Å². The number of methoxy groups -OCH3 is 1. The fourth-order valence-electron chi connectivity index (χ4n) is 3.81. The summed E-state index contributed by atoms with van der Waals surface area (Å²) in [7, 11) is 1.50. The summed E-state index contributed by atoms with van der Waals surface area (Å²) in [6.07, 6.45) is -5.21. The highest BCUT2D eigenvalue weighted by molar-refractivity contribution is 9.10. The predicted octanol–water partition coefficient (Wildman–Crippen LogP) is 7.23. The summed E-state index contributed by atoms with van der Waals surface area (Å²) in [4.78, 5) is 21.8. The standard InChI is InChI=1S/C25H23BrF3N3O2S/c1-15-20(23(33)32-18-11-6-7-12-19(18)34-3)21(16-9-4-5-10-17(16)26)22(30-2)24(31-15)35-14-8-13-25(27,28)29/h4-7,9-12,21-22H,8,13-14H2,1,3H3,(H,32,33). The number of anilines is 1. The lowest BCUT2D eigenvalue weighted by molar-refractivity contribution is -0.134. The maximum absolute atomic E-state index is 13.5. The first-order valence-corrected chi connectivity index (χ1v) is 12.5. The van der Waals surface area contributed by atoms with Crippen molar-refractivity contribution in [3.8, 4) is 5.75 Å². The zero-order chi connectivity index (χ0) is 25.6. The van der Waals surface area contributed by atoms with Crippen LogP contribution in [0.4, 0.5) is 18.9 Å². The number of benzene rings is 2. The molecule has 1 aliphatic heterocycles. The molecule has 1 heterocycles. The first-order valence-electron chi connectivity index (χ1n) is 10.7. The normalized spacial score (nSPS) is 18.0. The van der Waals surface area contributed by atoms with E-state index in [9.17, 15) is 18.0 Å². The predicted molar refractivity (Wildman–Crippen MR) is 137 cm³/mol. The van der Waals surface area contributed by atoms with Crippen LogP contribution in [0.5, 0.6) is 5.75 Å². The van der Waals surface area contributed by atoms with Gasteiger partial charge in [-0.05, 0) is 42.9 Å². The topological polar surface area (TPSA) is 55.0 Å². The van der Waals surface area contributed by atoms with Crippen LogP contribution in [0.1, 0.15) is 31.2 Å². The molecule has 10 heteroatoms. The average Bonchev–Trinajstić information content (AvgIpc) is 2.81. The molecule has 0 fully saturated rings. The third-order valence-electron chi connectivity index (χ3n) is 5.38.